The lowest BCUT2D eigenvalue weighted by Crippen LogP contribution is -2.23. The van der Waals surface area contributed by atoms with Crippen LogP contribution in [0.5, 0.6) is 11.5 Å². The van der Waals surface area contributed by atoms with Crippen LogP contribution in [0.4, 0.5) is 22.0 Å². The summed E-state index contributed by atoms with van der Waals surface area (Å²) >= 11 is 2.93. The van der Waals surface area contributed by atoms with Gasteiger partial charge in [0, 0.05) is 17.5 Å². The van der Waals surface area contributed by atoms with E-state index in [-0.39, 0.29) is 16.0 Å². The van der Waals surface area contributed by atoms with Gasteiger partial charge < -0.3 is 9.84 Å². The molecule has 0 radical (unpaired) electrons. The second kappa shape index (κ2) is 6.71. The molecule has 1 aliphatic rings. The lowest BCUT2D eigenvalue weighted by Gasteiger charge is -2.16. The van der Waals surface area contributed by atoms with E-state index in [0.717, 1.165) is 12.1 Å². The van der Waals surface area contributed by atoms with Gasteiger partial charge in [-0.1, -0.05) is 0 Å². The Morgan fingerprint density at radius 3 is 2.48 bits per heavy atom. The fourth-order valence-electron chi connectivity index (χ4n) is 2.76. The SMILES string of the molecule is O=S(=O)(c1ccc(Oc2ccc(F)c(Br)c2)c2c1[C@H](O)C(F)(F)C2)C(F)F. The molecule has 0 aliphatic heterocycles. The average Bonchev–Trinajstić information content (AvgIpc) is 2.82. The van der Waals surface area contributed by atoms with Crippen molar-refractivity contribution in [2.24, 2.45) is 0 Å². The third-order valence-corrected chi connectivity index (χ3v) is 6.07. The van der Waals surface area contributed by atoms with Gasteiger partial charge in [0.1, 0.15) is 23.4 Å². The molecule has 1 aliphatic carbocycles. The van der Waals surface area contributed by atoms with E-state index < -0.39 is 55.9 Å². The van der Waals surface area contributed by atoms with Crippen molar-refractivity contribution < 1.29 is 40.2 Å². The van der Waals surface area contributed by atoms with Gasteiger partial charge in [-0.3, -0.25) is 0 Å². The van der Waals surface area contributed by atoms with Crippen molar-refractivity contribution in [3.8, 4) is 11.5 Å². The zero-order chi connectivity index (χ0) is 20.1. The Kier molecular flexibility index (Phi) is 4.98. The number of halogens is 6. The molecule has 4 nitrogen and oxygen atoms in total. The Labute approximate surface area is 158 Å². The molecule has 0 bridgehead atoms. The highest BCUT2D eigenvalue weighted by molar-refractivity contribution is 9.10. The first-order chi connectivity index (χ1) is 12.4. The topological polar surface area (TPSA) is 63.6 Å². The molecule has 2 aromatic carbocycles. The molecule has 0 saturated carbocycles. The molecule has 3 rings (SSSR count). The number of alkyl halides is 4. The van der Waals surface area contributed by atoms with Gasteiger partial charge in [0.25, 0.3) is 5.92 Å². The van der Waals surface area contributed by atoms with Gasteiger partial charge in [0.15, 0.2) is 0 Å². The first-order valence-electron chi connectivity index (χ1n) is 7.32. The van der Waals surface area contributed by atoms with Crippen molar-refractivity contribution in [1.29, 1.82) is 0 Å². The second-order valence-electron chi connectivity index (χ2n) is 5.78. The number of aliphatic hydroxyl groups excluding tert-OH is 1. The largest absolute Gasteiger partial charge is 0.457 e. The number of hydrogen-bond donors (Lipinski definition) is 1. The van der Waals surface area contributed by atoms with E-state index in [4.69, 9.17) is 4.74 Å². The molecule has 0 unspecified atom stereocenters. The molecule has 11 heteroatoms. The number of fused-ring (bicyclic) bond motifs is 1. The van der Waals surface area contributed by atoms with Crippen LogP contribution in [0.25, 0.3) is 0 Å². The standard InChI is InChI=1S/C16H10BrF5O4S/c17-9-5-7(1-2-10(9)18)26-11-3-4-12(27(24,25)15(19)20)13-8(11)6-16(21,22)14(13)23/h1-5,14-15,23H,6H2/t14-/m0/s1. The van der Waals surface area contributed by atoms with Gasteiger partial charge in [-0.15, -0.1) is 0 Å². The zero-order valence-electron chi connectivity index (χ0n) is 13.1. The first-order valence-corrected chi connectivity index (χ1v) is 9.65. The Hall–Kier alpha value is -1.72. The van der Waals surface area contributed by atoms with Crippen molar-refractivity contribution in [3.05, 3.63) is 51.7 Å². The second-order valence-corrected chi connectivity index (χ2v) is 8.52. The smallest absolute Gasteiger partial charge is 0.341 e. The van der Waals surface area contributed by atoms with Gasteiger partial charge in [-0.2, -0.15) is 8.78 Å². The van der Waals surface area contributed by atoms with Crippen LogP contribution < -0.4 is 4.74 Å². The average molecular weight is 473 g/mol. The number of benzene rings is 2. The predicted octanol–water partition coefficient (Wildman–Crippen LogP) is 4.60. The number of rotatable bonds is 4. The number of sulfone groups is 1. The summed E-state index contributed by atoms with van der Waals surface area (Å²) in [7, 11) is -5.23. The molecular formula is C16H10BrF5O4S. The van der Waals surface area contributed by atoms with Gasteiger partial charge in [0.2, 0.25) is 9.84 Å². The fraction of sp³-hybridized carbons (Fsp3) is 0.250. The van der Waals surface area contributed by atoms with Crippen LogP contribution in [0.2, 0.25) is 0 Å². The van der Waals surface area contributed by atoms with E-state index in [1.165, 1.54) is 12.1 Å². The fourth-order valence-corrected chi connectivity index (χ4v) is 4.10. The minimum atomic E-state index is -5.23. The number of hydrogen-bond acceptors (Lipinski definition) is 4. The van der Waals surface area contributed by atoms with E-state index in [0.29, 0.717) is 6.07 Å². The minimum Gasteiger partial charge on any atom is -0.457 e. The first kappa shape index (κ1) is 20.0. The highest BCUT2D eigenvalue weighted by Crippen LogP contribution is 2.50. The summed E-state index contributed by atoms with van der Waals surface area (Å²) in [6, 6.07) is 5.06. The lowest BCUT2D eigenvalue weighted by atomic mass is 10.1. The predicted molar refractivity (Wildman–Crippen MR) is 87.4 cm³/mol. The minimum absolute atomic E-state index is 0.0268. The van der Waals surface area contributed by atoms with Crippen LogP contribution in [0.1, 0.15) is 17.2 Å². The Bertz CT molecular complexity index is 1010. The van der Waals surface area contributed by atoms with Crippen molar-refractivity contribution in [2.75, 3.05) is 0 Å². The molecular weight excluding hydrogens is 463 g/mol. The molecule has 0 saturated heterocycles. The summed E-state index contributed by atoms with van der Waals surface area (Å²) < 4.78 is 96.1. The Morgan fingerprint density at radius 2 is 1.89 bits per heavy atom. The maximum absolute atomic E-state index is 14.0. The van der Waals surface area contributed by atoms with E-state index in [1.54, 1.807) is 0 Å². The van der Waals surface area contributed by atoms with E-state index >= 15 is 0 Å². The van der Waals surface area contributed by atoms with Crippen molar-refractivity contribution >= 4 is 25.8 Å². The van der Waals surface area contributed by atoms with Crippen molar-refractivity contribution in [2.45, 2.75) is 29.1 Å². The quantitative estimate of drug-likeness (QED) is 0.660. The van der Waals surface area contributed by atoms with Crippen LogP contribution >= 0.6 is 15.9 Å². The van der Waals surface area contributed by atoms with Gasteiger partial charge in [0.05, 0.1) is 9.37 Å². The third-order valence-electron chi connectivity index (χ3n) is 4.02. The van der Waals surface area contributed by atoms with Gasteiger partial charge in [-0.05, 0) is 46.3 Å². The highest BCUT2D eigenvalue weighted by Gasteiger charge is 2.51. The Balaban J connectivity index is 2.15. The molecule has 27 heavy (non-hydrogen) atoms. The normalized spacial score (nSPS) is 18.6. The molecule has 0 amide bonds. The van der Waals surface area contributed by atoms with E-state index in [2.05, 4.69) is 15.9 Å². The summed E-state index contributed by atoms with van der Waals surface area (Å²) in [5, 5.41) is 9.83. The molecule has 0 spiro atoms. The van der Waals surface area contributed by atoms with E-state index in [1.807, 2.05) is 0 Å². The number of aliphatic hydroxyl groups is 1. The molecule has 1 N–H and O–H groups in total. The van der Waals surface area contributed by atoms with Crippen molar-refractivity contribution in [1.82, 2.24) is 0 Å². The van der Waals surface area contributed by atoms with Crippen LogP contribution in [-0.2, 0) is 16.3 Å². The molecule has 1 atom stereocenters. The Morgan fingerprint density at radius 1 is 1.22 bits per heavy atom. The molecule has 0 aromatic heterocycles. The van der Waals surface area contributed by atoms with Crippen molar-refractivity contribution in [3.63, 3.8) is 0 Å². The molecule has 146 valence electrons. The summed E-state index contributed by atoms with van der Waals surface area (Å²) in [6.07, 6.45) is -3.69. The van der Waals surface area contributed by atoms with Gasteiger partial charge in [-0.25, -0.2) is 21.6 Å². The summed E-state index contributed by atoms with van der Waals surface area (Å²) in [5.74, 6) is -8.44. The maximum Gasteiger partial charge on any atom is 0.341 e. The van der Waals surface area contributed by atoms with Crippen LogP contribution in [0, 0.1) is 5.82 Å². The summed E-state index contributed by atoms with van der Waals surface area (Å²) in [5.41, 5.74) is -1.23. The zero-order valence-corrected chi connectivity index (χ0v) is 15.5. The van der Waals surface area contributed by atoms with Crippen LogP contribution in [0.15, 0.2) is 39.7 Å². The van der Waals surface area contributed by atoms with Crippen LogP contribution in [0.3, 0.4) is 0 Å². The van der Waals surface area contributed by atoms with Crippen LogP contribution in [-0.4, -0.2) is 25.2 Å². The lowest BCUT2D eigenvalue weighted by molar-refractivity contribution is -0.0976. The molecule has 0 fully saturated rings. The summed E-state index contributed by atoms with van der Waals surface area (Å²) in [4.78, 5) is -1.08. The summed E-state index contributed by atoms with van der Waals surface area (Å²) in [6.45, 7) is 0. The molecule has 0 heterocycles. The monoisotopic (exact) mass is 472 g/mol. The highest BCUT2D eigenvalue weighted by atomic mass is 79.9. The molecule has 2 aromatic rings. The van der Waals surface area contributed by atoms with E-state index in [9.17, 15) is 35.5 Å². The van der Waals surface area contributed by atoms with Gasteiger partial charge >= 0.3 is 5.76 Å². The third kappa shape index (κ3) is 3.43. The maximum atomic E-state index is 14.0. The number of ether oxygens (including phenoxy) is 1.